The molecule has 0 spiro atoms. The Morgan fingerprint density at radius 3 is 1.17 bits per heavy atom. The molecule has 1 aliphatic heterocycles. The summed E-state index contributed by atoms with van der Waals surface area (Å²) in [5.74, 6) is -45.2. The number of hydrogen-bond acceptors (Lipinski definition) is 0. The van der Waals surface area contributed by atoms with Crippen LogP contribution in [0.1, 0.15) is 36.7 Å². The van der Waals surface area contributed by atoms with E-state index < -0.39 is 139 Å². The molecular weight excluding hydrogens is 608 g/mol. The lowest BCUT2D eigenvalue weighted by Crippen LogP contribution is -2.44. The van der Waals surface area contributed by atoms with E-state index in [-0.39, 0.29) is 12.8 Å². The van der Waals surface area contributed by atoms with Crippen LogP contribution in [0.4, 0.5) is 65.9 Å². The molecule has 1 fully saturated rings. The molecule has 3 aromatic rings. The summed E-state index contributed by atoms with van der Waals surface area (Å²) in [6, 6.07) is 0. The molecule has 2 aliphatic rings. The summed E-state index contributed by atoms with van der Waals surface area (Å²) < 4.78 is 218. The molecule has 5 rings (SSSR count). The minimum absolute atomic E-state index is 0.0478. The normalized spacial score (nSPS) is 19.0. The van der Waals surface area contributed by atoms with Crippen molar-refractivity contribution in [2.45, 2.75) is 25.6 Å². The molecule has 42 heavy (non-hydrogen) atoms. The molecular formula is C26H10BF15. The summed E-state index contributed by atoms with van der Waals surface area (Å²) in [4.78, 5) is 0. The van der Waals surface area contributed by atoms with Gasteiger partial charge in [-0.15, -0.1) is 0 Å². The van der Waals surface area contributed by atoms with Gasteiger partial charge in [-0.25, -0.2) is 65.9 Å². The van der Waals surface area contributed by atoms with Crippen LogP contribution in [0.3, 0.4) is 0 Å². The fourth-order valence-electron chi connectivity index (χ4n) is 5.76. The van der Waals surface area contributed by atoms with E-state index in [0.29, 0.717) is 0 Å². The molecule has 0 unspecified atom stereocenters. The lowest BCUT2D eigenvalue weighted by molar-refractivity contribution is 0.364. The molecule has 0 radical (unpaired) electrons. The van der Waals surface area contributed by atoms with Gasteiger partial charge in [0.2, 0.25) is 18.3 Å². The Balaban J connectivity index is 1.99. The van der Waals surface area contributed by atoms with Crippen LogP contribution in [-0.4, -0.2) is 6.71 Å². The molecule has 0 N–H and O–H groups in total. The third-order valence-electron chi connectivity index (χ3n) is 7.64. The Labute approximate surface area is 225 Å². The second-order valence-electron chi connectivity index (χ2n) is 9.85. The summed E-state index contributed by atoms with van der Waals surface area (Å²) >= 11 is 0. The summed E-state index contributed by atoms with van der Waals surface area (Å²) in [6.07, 6.45) is 0.0957. The minimum atomic E-state index is -2.92. The molecule has 1 aliphatic carbocycles. The topological polar surface area (TPSA) is 0 Å². The van der Waals surface area contributed by atoms with Gasteiger partial charge in [-0.05, 0) is 30.5 Å². The van der Waals surface area contributed by atoms with Crippen molar-refractivity contribution in [1.82, 2.24) is 0 Å². The Kier molecular flexibility index (Phi) is 7.12. The highest BCUT2D eigenvalue weighted by Crippen LogP contribution is 2.56. The van der Waals surface area contributed by atoms with E-state index in [1.165, 1.54) is 0 Å². The van der Waals surface area contributed by atoms with E-state index in [9.17, 15) is 39.5 Å². The first-order valence-electron chi connectivity index (χ1n) is 11.8. The molecule has 0 nitrogen and oxygen atoms in total. The maximum atomic E-state index is 15.2. The van der Waals surface area contributed by atoms with Gasteiger partial charge in [-0.2, -0.15) is 0 Å². The van der Waals surface area contributed by atoms with Crippen LogP contribution in [-0.2, 0) is 0 Å². The van der Waals surface area contributed by atoms with Gasteiger partial charge >= 0.3 is 0 Å². The second-order valence-corrected chi connectivity index (χ2v) is 9.85. The van der Waals surface area contributed by atoms with E-state index in [1.807, 2.05) is 0 Å². The maximum Gasteiger partial charge on any atom is 0.226 e. The quantitative estimate of drug-likeness (QED) is 0.121. The van der Waals surface area contributed by atoms with E-state index in [2.05, 4.69) is 0 Å². The standard InChI is InChI=1S/C26H10BF15/c1-4-6(5-2-3-5)10(8-14(30)20(36)25(41)21(37)15(8)31)27(11-16(32)22(38)26(42)23(39)17(11)33)9(4)7-12(28)18(34)24(40)19(35)13(7)29/h4-5,9H,2-3H2,1H3/t4-,9-/m1/s1. The summed E-state index contributed by atoms with van der Waals surface area (Å²) in [5, 5.41) is 0. The van der Waals surface area contributed by atoms with Gasteiger partial charge in [-0.3, -0.25) is 0 Å². The van der Waals surface area contributed by atoms with Crippen LogP contribution in [0.15, 0.2) is 5.57 Å². The molecule has 0 bridgehead atoms. The Hall–Kier alpha value is -3.59. The summed E-state index contributed by atoms with van der Waals surface area (Å²) in [7, 11) is 0. The van der Waals surface area contributed by atoms with Crippen LogP contribution in [0.2, 0.25) is 0 Å². The molecule has 0 aromatic heterocycles. The van der Waals surface area contributed by atoms with Crippen molar-refractivity contribution < 1.29 is 65.9 Å². The van der Waals surface area contributed by atoms with Crippen LogP contribution in [0, 0.1) is 99.1 Å². The van der Waals surface area contributed by atoms with Gasteiger partial charge < -0.3 is 0 Å². The van der Waals surface area contributed by atoms with Gasteiger partial charge in [0, 0.05) is 16.6 Å². The van der Waals surface area contributed by atoms with Crippen LogP contribution in [0.25, 0.3) is 5.47 Å². The van der Waals surface area contributed by atoms with Crippen molar-refractivity contribution in [3.05, 3.63) is 104 Å². The zero-order valence-electron chi connectivity index (χ0n) is 20.4. The number of allylic oxidation sites excluding steroid dienone is 1. The van der Waals surface area contributed by atoms with Crippen LogP contribution in [0.5, 0.6) is 0 Å². The van der Waals surface area contributed by atoms with Crippen molar-refractivity contribution in [3.63, 3.8) is 0 Å². The van der Waals surface area contributed by atoms with Gasteiger partial charge in [-0.1, -0.05) is 18.0 Å². The van der Waals surface area contributed by atoms with Crippen LogP contribution < -0.4 is 5.46 Å². The van der Waals surface area contributed by atoms with E-state index in [4.69, 9.17) is 0 Å². The molecule has 2 atom stereocenters. The monoisotopic (exact) mass is 618 g/mol. The maximum absolute atomic E-state index is 15.2. The predicted molar refractivity (Wildman–Crippen MR) is 116 cm³/mol. The largest absolute Gasteiger partial charge is 0.226 e. The lowest BCUT2D eigenvalue weighted by Gasteiger charge is -2.26. The first-order valence-corrected chi connectivity index (χ1v) is 11.8. The Bertz CT molecular complexity index is 1640. The van der Waals surface area contributed by atoms with Gasteiger partial charge in [0.05, 0.1) is 0 Å². The summed E-state index contributed by atoms with van der Waals surface area (Å²) in [5.41, 5.74) is -7.66. The highest BCUT2D eigenvalue weighted by atomic mass is 19.2. The predicted octanol–water partition coefficient (Wildman–Crippen LogP) is 7.85. The third kappa shape index (κ3) is 3.96. The second kappa shape index (κ2) is 10.0. The smallest absolute Gasteiger partial charge is 0.204 e. The first kappa shape index (κ1) is 29.9. The molecule has 0 saturated heterocycles. The van der Waals surface area contributed by atoms with E-state index >= 15 is 26.3 Å². The van der Waals surface area contributed by atoms with E-state index in [0.717, 1.165) is 6.92 Å². The molecule has 0 amide bonds. The average Bonchev–Trinajstić information content (AvgIpc) is 3.76. The van der Waals surface area contributed by atoms with Crippen LogP contribution >= 0.6 is 0 Å². The number of hydrogen-bond donors (Lipinski definition) is 0. The minimum Gasteiger partial charge on any atom is -0.204 e. The zero-order valence-corrected chi connectivity index (χ0v) is 20.4. The molecule has 1 heterocycles. The highest BCUT2D eigenvalue weighted by molar-refractivity contribution is 6.92. The Morgan fingerprint density at radius 2 is 0.786 bits per heavy atom. The molecule has 16 heteroatoms. The highest BCUT2D eigenvalue weighted by Gasteiger charge is 2.55. The molecule has 1 saturated carbocycles. The van der Waals surface area contributed by atoms with Gasteiger partial charge in [0.1, 0.15) is 0 Å². The Morgan fingerprint density at radius 1 is 0.452 bits per heavy atom. The van der Waals surface area contributed by atoms with E-state index in [1.54, 1.807) is 0 Å². The molecule has 222 valence electrons. The number of halogens is 15. The fourth-order valence-corrected chi connectivity index (χ4v) is 5.76. The van der Waals surface area contributed by atoms with Crippen molar-refractivity contribution in [2.75, 3.05) is 0 Å². The summed E-state index contributed by atoms with van der Waals surface area (Å²) in [6.45, 7) is -2.00. The van der Waals surface area contributed by atoms with Crippen molar-refractivity contribution in [1.29, 1.82) is 0 Å². The number of benzene rings is 3. The van der Waals surface area contributed by atoms with Crippen molar-refractivity contribution in [2.24, 2.45) is 11.8 Å². The van der Waals surface area contributed by atoms with Crippen molar-refractivity contribution in [3.8, 4) is 0 Å². The van der Waals surface area contributed by atoms with Crippen molar-refractivity contribution >= 4 is 17.6 Å². The fraction of sp³-hybridized carbons (Fsp3) is 0.231. The van der Waals surface area contributed by atoms with Gasteiger partial charge in [0.25, 0.3) is 0 Å². The lowest BCUT2D eigenvalue weighted by atomic mass is 9.32. The average molecular weight is 618 g/mol. The third-order valence-corrected chi connectivity index (χ3v) is 7.64. The van der Waals surface area contributed by atoms with Gasteiger partial charge in [0.15, 0.2) is 75.6 Å². The molecule has 3 aromatic carbocycles. The first-order chi connectivity index (χ1) is 19.6. The number of rotatable bonds is 4. The SMILES string of the molecule is C[C@@H]1C(C2CC2)=C(c2c(F)c(F)c(F)c(F)c2F)B(c2c(F)c(F)c(F)c(F)c2F)[C@H]1c1c(F)c(F)c(F)c(F)c1F. The zero-order chi connectivity index (χ0) is 31.3.